The average molecular weight is 282 g/mol. The van der Waals surface area contributed by atoms with Crippen LogP contribution < -0.4 is 5.32 Å². The van der Waals surface area contributed by atoms with E-state index >= 15 is 0 Å². The third-order valence-corrected chi connectivity index (χ3v) is 4.30. The topological polar surface area (TPSA) is 41.6 Å². The fraction of sp³-hybridized carbons (Fsp3) is 0.938. The van der Waals surface area contributed by atoms with E-state index in [0.717, 1.165) is 31.8 Å². The number of ether oxygens (including phenoxy) is 1. The zero-order valence-corrected chi connectivity index (χ0v) is 13.3. The number of carbonyl (C=O) groups excluding carboxylic acids is 1. The Morgan fingerprint density at radius 3 is 2.30 bits per heavy atom. The monoisotopic (exact) mass is 282 g/mol. The van der Waals surface area contributed by atoms with E-state index in [4.69, 9.17) is 4.74 Å². The quantitative estimate of drug-likeness (QED) is 0.804. The zero-order chi connectivity index (χ0) is 14.6. The summed E-state index contributed by atoms with van der Waals surface area (Å²) in [6.07, 6.45) is 4.51. The Labute approximate surface area is 123 Å². The molecule has 0 aromatic heterocycles. The van der Waals surface area contributed by atoms with Gasteiger partial charge in [0.05, 0.1) is 5.92 Å². The molecule has 4 nitrogen and oxygen atoms in total. The highest BCUT2D eigenvalue weighted by molar-refractivity contribution is 5.73. The molecular weight excluding hydrogens is 252 g/mol. The molecule has 0 aromatic carbocycles. The molecule has 4 heteroatoms. The van der Waals surface area contributed by atoms with Gasteiger partial charge in [-0.1, -0.05) is 0 Å². The van der Waals surface area contributed by atoms with E-state index in [9.17, 15) is 4.79 Å². The Hall–Kier alpha value is -0.610. The summed E-state index contributed by atoms with van der Waals surface area (Å²) < 4.78 is 5.50. The number of carbonyl (C=O) groups is 1. The first-order valence-electron chi connectivity index (χ1n) is 8.10. The molecule has 2 aliphatic rings. The normalized spacial score (nSPS) is 23.8. The number of hydrogen-bond donors (Lipinski definition) is 1. The third kappa shape index (κ3) is 5.06. The van der Waals surface area contributed by atoms with Crippen LogP contribution in [0.25, 0.3) is 0 Å². The lowest BCUT2D eigenvalue weighted by Gasteiger charge is -2.35. The smallest absolute Gasteiger partial charge is 0.309 e. The Balaban J connectivity index is 1.70. The maximum Gasteiger partial charge on any atom is 0.309 e. The number of nitrogens with one attached hydrogen (secondary N) is 1. The molecule has 0 radical (unpaired) electrons. The van der Waals surface area contributed by atoms with Gasteiger partial charge >= 0.3 is 5.97 Å². The van der Waals surface area contributed by atoms with Crippen LogP contribution in [0.1, 0.15) is 46.5 Å². The van der Waals surface area contributed by atoms with E-state index in [1.54, 1.807) is 0 Å². The molecule has 0 spiro atoms. The first kappa shape index (κ1) is 15.8. The van der Waals surface area contributed by atoms with Gasteiger partial charge in [0, 0.05) is 6.54 Å². The van der Waals surface area contributed by atoms with Gasteiger partial charge in [0.25, 0.3) is 0 Å². The molecule has 2 heterocycles. The van der Waals surface area contributed by atoms with Crippen molar-refractivity contribution in [1.82, 2.24) is 10.2 Å². The van der Waals surface area contributed by atoms with Crippen molar-refractivity contribution >= 4 is 5.97 Å². The molecule has 1 N–H and O–H groups in total. The molecule has 116 valence electrons. The number of rotatable bonds is 3. The Kier molecular flexibility index (Phi) is 5.44. The van der Waals surface area contributed by atoms with Crippen molar-refractivity contribution in [3.05, 3.63) is 0 Å². The second-order valence-electron chi connectivity index (χ2n) is 7.30. The lowest BCUT2D eigenvalue weighted by atomic mass is 9.93. The molecule has 2 rings (SSSR count). The minimum atomic E-state index is -0.358. The minimum Gasteiger partial charge on any atom is -0.460 e. The molecule has 0 bridgehead atoms. The molecule has 2 aliphatic heterocycles. The number of likely N-dealkylation sites (tertiary alicyclic amines) is 1. The van der Waals surface area contributed by atoms with Crippen LogP contribution in [0.2, 0.25) is 0 Å². The molecule has 0 aliphatic carbocycles. The van der Waals surface area contributed by atoms with Gasteiger partial charge in [0.15, 0.2) is 0 Å². The van der Waals surface area contributed by atoms with Crippen LogP contribution in [0.5, 0.6) is 0 Å². The van der Waals surface area contributed by atoms with Crippen LogP contribution in [0.4, 0.5) is 0 Å². The van der Waals surface area contributed by atoms with Gasteiger partial charge in [-0.3, -0.25) is 4.79 Å². The molecular formula is C16H30N2O2. The maximum atomic E-state index is 12.1. The maximum absolute atomic E-state index is 12.1. The van der Waals surface area contributed by atoms with Crippen molar-refractivity contribution in [2.24, 2.45) is 11.8 Å². The van der Waals surface area contributed by atoms with Crippen LogP contribution in [0.3, 0.4) is 0 Å². The Morgan fingerprint density at radius 2 is 1.75 bits per heavy atom. The van der Waals surface area contributed by atoms with Gasteiger partial charge in [0.2, 0.25) is 0 Å². The molecule has 2 saturated heterocycles. The highest BCUT2D eigenvalue weighted by atomic mass is 16.6. The third-order valence-electron chi connectivity index (χ3n) is 4.30. The van der Waals surface area contributed by atoms with Crippen molar-refractivity contribution in [2.45, 2.75) is 52.1 Å². The van der Waals surface area contributed by atoms with Crippen molar-refractivity contribution in [3.8, 4) is 0 Å². The summed E-state index contributed by atoms with van der Waals surface area (Å²) in [4.78, 5) is 14.6. The van der Waals surface area contributed by atoms with Gasteiger partial charge in [0.1, 0.15) is 5.60 Å². The molecule has 0 atom stereocenters. The Morgan fingerprint density at radius 1 is 1.15 bits per heavy atom. The van der Waals surface area contributed by atoms with Gasteiger partial charge < -0.3 is 15.0 Å². The highest BCUT2D eigenvalue weighted by Gasteiger charge is 2.29. The number of hydrogen-bond acceptors (Lipinski definition) is 4. The largest absolute Gasteiger partial charge is 0.460 e. The summed E-state index contributed by atoms with van der Waals surface area (Å²) in [5.74, 6) is 0.951. The number of esters is 1. The summed E-state index contributed by atoms with van der Waals surface area (Å²) in [6.45, 7) is 11.5. The first-order chi connectivity index (χ1) is 9.44. The summed E-state index contributed by atoms with van der Waals surface area (Å²) in [5, 5.41) is 3.42. The van der Waals surface area contributed by atoms with E-state index < -0.39 is 0 Å². The van der Waals surface area contributed by atoms with Crippen LogP contribution in [-0.2, 0) is 9.53 Å². The fourth-order valence-electron chi connectivity index (χ4n) is 3.17. The zero-order valence-electron chi connectivity index (χ0n) is 13.3. The molecule has 0 aromatic rings. The van der Waals surface area contributed by atoms with Crippen molar-refractivity contribution in [1.29, 1.82) is 0 Å². The van der Waals surface area contributed by atoms with Crippen LogP contribution >= 0.6 is 0 Å². The van der Waals surface area contributed by atoms with Crippen LogP contribution in [-0.4, -0.2) is 49.2 Å². The lowest BCUT2D eigenvalue weighted by molar-refractivity contribution is -0.161. The standard InChI is InChI=1S/C16H30N2O2/c1-16(2,3)20-15(19)14-6-10-18(11-7-14)12-13-4-8-17-9-5-13/h13-14,17H,4-12H2,1-3H3. The van der Waals surface area contributed by atoms with E-state index in [2.05, 4.69) is 10.2 Å². The minimum absolute atomic E-state index is 0.000911. The van der Waals surface area contributed by atoms with Gasteiger partial charge in [-0.15, -0.1) is 0 Å². The van der Waals surface area contributed by atoms with E-state index in [1.807, 2.05) is 20.8 Å². The summed E-state index contributed by atoms with van der Waals surface area (Å²) in [5.41, 5.74) is -0.358. The summed E-state index contributed by atoms with van der Waals surface area (Å²) >= 11 is 0. The van der Waals surface area contributed by atoms with E-state index in [-0.39, 0.29) is 17.5 Å². The summed E-state index contributed by atoms with van der Waals surface area (Å²) in [7, 11) is 0. The predicted molar refractivity (Wildman–Crippen MR) is 80.6 cm³/mol. The van der Waals surface area contributed by atoms with Crippen molar-refractivity contribution in [3.63, 3.8) is 0 Å². The van der Waals surface area contributed by atoms with E-state index in [1.165, 1.54) is 32.5 Å². The fourth-order valence-corrected chi connectivity index (χ4v) is 3.17. The first-order valence-corrected chi connectivity index (χ1v) is 8.10. The summed E-state index contributed by atoms with van der Waals surface area (Å²) in [6, 6.07) is 0. The highest BCUT2D eigenvalue weighted by Crippen LogP contribution is 2.23. The van der Waals surface area contributed by atoms with E-state index in [0.29, 0.717) is 0 Å². The van der Waals surface area contributed by atoms with Crippen LogP contribution in [0.15, 0.2) is 0 Å². The molecule has 2 fully saturated rings. The van der Waals surface area contributed by atoms with Crippen LogP contribution in [0, 0.1) is 11.8 Å². The van der Waals surface area contributed by atoms with Gasteiger partial charge in [-0.05, 0) is 78.6 Å². The molecule has 0 saturated carbocycles. The second-order valence-corrected chi connectivity index (χ2v) is 7.30. The van der Waals surface area contributed by atoms with Crippen molar-refractivity contribution < 1.29 is 9.53 Å². The predicted octanol–water partition coefficient (Wildman–Crippen LogP) is 2.04. The second kappa shape index (κ2) is 6.90. The van der Waals surface area contributed by atoms with Crippen molar-refractivity contribution in [2.75, 3.05) is 32.7 Å². The molecule has 20 heavy (non-hydrogen) atoms. The molecule has 0 unspecified atom stereocenters. The number of nitrogens with zero attached hydrogens (tertiary/aromatic N) is 1. The molecule has 0 amide bonds. The van der Waals surface area contributed by atoms with Gasteiger partial charge in [-0.2, -0.15) is 0 Å². The van der Waals surface area contributed by atoms with Gasteiger partial charge in [-0.25, -0.2) is 0 Å². The number of piperidine rings is 2. The SMILES string of the molecule is CC(C)(C)OC(=O)C1CCN(CC2CCNCC2)CC1. The lowest BCUT2D eigenvalue weighted by Crippen LogP contribution is -2.42. The Bertz CT molecular complexity index is 311. The average Bonchev–Trinajstić information content (AvgIpc) is 2.39.